The Balaban J connectivity index is 2.31. The molecule has 1 aromatic carbocycles. The molecule has 2 rings (SSSR count). The molecule has 0 radical (unpaired) electrons. The lowest BCUT2D eigenvalue weighted by Gasteiger charge is -2.06. The van der Waals surface area contributed by atoms with Gasteiger partial charge in [-0.1, -0.05) is 12.2 Å². The van der Waals surface area contributed by atoms with Crippen molar-refractivity contribution in [1.29, 1.82) is 0 Å². The zero-order chi connectivity index (χ0) is 13.1. The highest BCUT2D eigenvalue weighted by atomic mass is 79.9. The molecule has 1 heterocycles. The molecule has 4 nitrogen and oxygen atoms in total. The number of rotatable bonds is 3. The first-order chi connectivity index (χ1) is 8.56. The Labute approximate surface area is 116 Å². The Hall–Kier alpha value is -1.60. The summed E-state index contributed by atoms with van der Waals surface area (Å²) in [6.07, 6.45) is 1.46. The topological polar surface area (TPSA) is 61.0 Å². The molecule has 0 spiro atoms. The maximum absolute atomic E-state index is 13.1. The summed E-state index contributed by atoms with van der Waals surface area (Å²) in [4.78, 5) is 8.03. The molecule has 0 bridgehead atoms. The van der Waals surface area contributed by atoms with Crippen LogP contribution in [0.15, 0.2) is 34.9 Å². The number of hydrogen-bond acceptors (Lipinski definition) is 4. The Morgan fingerprint density at radius 1 is 1.39 bits per heavy atom. The van der Waals surface area contributed by atoms with Gasteiger partial charge in [-0.25, -0.2) is 9.37 Å². The van der Waals surface area contributed by atoms with Gasteiger partial charge in [0, 0.05) is 12.3 Å². The van der Waals surface area contributed by atoms with Crippen molar-refractivity contribution in [1.82, 2.24) is 9.97 Å². The Morgan fingerprint density at radius 3 is 2.89 bits per heavy atom. The van der Waals surface area contributed by atoms with E-state index in [1.54, 1.807) is 6.07 Å². The molecule has 0 amide bonds. The van der Waals surface area contributed by atoms with E-state index in [9.17, 15) is 4.39 Å². The van der Waals surface area contributed by atoms with Crippen LogP contribution in [0.25, 0.3) is 0 Å². The third kappa shape index (κ3) is 2.99. The molecule has 2 aromatic rings. The SMILES string of the molecule is NC(=S)c1ccnc(Oc2cc(F)ccc2Br)n1. The van der Waals surface area contributed by atoms with Crippen LogP contribution in [0.2, 0.25) is 0 Å². The number of ether oxygens (including phenoxy) is 1. The van der Waals surface area contributed by atoms with Crippen molar-refractivity contribution in [3.05, 3.63) is 46.4 Å². The summed E-state index contributed by atoms with van der Waals surface area (Å²) in [5.41, 5.74) is 5.84. The Morgan fingerprint density at radius 2 is 2.17 bits per heavy atom. The van der Waals surface area contributed by atoms with Gasteiger partial charge in [0.2, 0.25) is 0 Å². The molecule has 0 aliphatic carbocycles. The van der Waals surface area contributed by atoms with E-state index in [2.05, 4.69) is 25.9 Å². The molecule has 0 saturated heterocycles. The number of thiocarbonyl (C=S) groups is 1. The molecule has 0 aliphatic heterocycles. The molecular formula is C11H7BrFN3OS. The summed E-state index contributed by atoms with van der Waals surface area (Å²) in [7, 11) is 0. The quantitative estimate of drug-likeness (QED) is 0.878. The van der Waals surface area contributed by atoms with Gasteiger partial charge in [0.05, 0.1) is 4.47 Å². The smallest absolute Gasteiger partial charge is 0.322 e. The van der Waals surface area contributed by atoms with Crippen molar-refractivity contribution in [2.45, 2.75) is 0 Å². The summed E-state index contributed by atoms with van der Waals surface area (Å²) >= 11 is 8.03. The second-order valence-electron chi connectivity index (χ2n) is 3.27. The number of benzene rings is 1. The van der Waals surface area contributed by atoms with Gasteiger partial charge in [0.1, 0.15) is 22.2 Å². The molecule has 7 heteroatoms. The van der Waals surface area contributed by atoms with E-state index in [0.29, 0.717) is 10.2 Å². The normalized spacial score (nSPS) is 10.1. The van der Waals surface area contributed by atoms with Gasteiger partial charge in [-0.3, -0.25) is 0 Å². The van der Waals surface area contributed by atoms with Crippen molar-refractivity contribution in [3.63, 3.8) is 0 Å². The first kappa shape index (κ1) is 12.8. The van der Waals surface area contributed by atoms with Gasteiger partial charge in [0.15, 0.2) is 0 Å². The number of nitrogens with two attached hydrogens (primary N) is 1. The van der Waals surface area contributed by atoms with E-state index in [1.807, 2.05) is 0 Å². The van der Waals surface area contributed by atoms with Crippen LogP contribution in [-0.2, 0) is 0 Å². The van der Waals surface area contributed by atoms with Crippen molar-refractivity contribution in [2.75, 3.05) is 0 Å². The third-order valence-corrected chi connectivity index (χ3v) is 2.84. The minimum absolute atomic E-state index is 0.0478. The highest BCUT2D eigenvalue weighted by Crippen LogP contribution is 2.28. The summed E-state index contributed by atoms with van der Waals surface area (Å²) in [6, 6.07) is 5.67. The second-order valence-corrected chi connectivity index (χ2v) is 4.56. The van der Waals surface area contributed by atoms with Gasteiger partial charge in [-0.05, 0) is 34.1 Å². The van der Waals surface area contributed by atoms with Crippen LogP contribution in [0, 0.1) is 5.82 Å². The fourth-order valence-electron chi connectivity index (χ4n) is 1.18. The van der Waals surface area contributed by atoms with Crippen molar-refractivity contribution >= 4 is 33.1 Å². The Bertz CT molecular complexity index is 609. The third-order valence-electron chi connectivity index (χ3n) is 1.98. The molecule has 0 aliphatic rings. The highest BCUT2D eigenvalue weighted by molar-refractivity contribution is 9.10. The van der Waals surface area contributed by atoms with Gasteiger partial charge in [0.25, 0.3) is 0 Å². The van der Waals surface area contributed by atoms with Crippen LogP contribution in [0.4, 0.5) is 4.39 Å². The monoisotopic (exact) mass is 327 g/mol. The van der Waals surface area contributed by atoms with Crippen LogP contribution in [0.3, 0.4) is 0 Å². The number of aromatic nitrogens is 2. The minimum Gasteiger partial charge on any atom is -0.423 e. The molecule has 92 valence electrons. The highest BCUT2D eigenvalue weighted by Gasteiger charge is 2.08. The summed E-state index contributed by atoms with van der Waals surface area (Å²) in [5, 5.41) is 0. The second kappa shape index (κ2) is 5.36. The summed E-state index contributed by atoms with van der Waals surface area (Å²) in [5.74, 6) is -0.145. The number of nitrogens with zero attached hydrogens (tertiary/aromatic N) is 2. The maximum Gasteiger partial charge on any atom is 0.322 e. The fraction of sp³-hybridized carbons (Fsp3) is 0. The number of hydrogen-bond donors (Lipinski definition) is 1. The molecule has 0 fully saturated rings. The standard InChI is InChI=1S/C11H7BrFN3OS/c12-7-2-1-6(13)5-9(7)17-11-15-4-3-8(16-11)10(14)18/h1-5H,(H2,14,18). The van der Waals surface area contributed by atoms with E-state index >= 15 is 0 Å². The van der Waals surface area contributed by atoms with E-state index in [4.69, 9.17) is 22.7 Å². The molecule has 18 heavy (non-hydrogen) atoms. The zero-order valence-corrected chi connectivity index (χ0v) is 11.3. The van der Waals surface area contributed by atoms with E-state index in [0.717, 1.165) is 0 Å². The average molecular weight is 328 g/mol. The predicted molar refractivity (Wildman–Crippen MR) is 72.1 cm³/mol. The van der Waals surface area contributed by atoms with Gasteiger partial charge in [-0.2, -0.15) is 4.98 Å². The van der Waals surface area contributed by atoms with Crippen LogP contribution in [0.1, 0.15) is 5.69 Å². The maximum atomic E-state index is 13.1. The van der Waals surface area contributed by atoms with Crippen molar-refractivity contribution in [2.24, 2.45) is 5.73 Å². The molecule has 1 aromatic heterocycles. The minimum atomic E-state index is -0.418. The first-order valence-electron chi connectivity index (χ1n) is 4.82. The van der Waals surface area contributed by atoms with Crippen LogP contribution in [-0.4, -0.2) is 15.0 Å². The Kier molecular flexibility index (Phi) is 3.83. The summed E-state index contributed by atoms with van der Waals surface area (Å²) < 4.78 is 19.0. The lowest BCUT2D eigenvalue weighted by molar-refractivity contribution is 0.435. The molecule has 0 unspecified atom stereocenters. The zero-order valence-electron chi connectivity index (χ0n) is 8.93. The van der Waals surface area contributed by atoms with Gasteiger partial charge in [-0.15, -0.1) is 0 Å². The van der Waals surface area contributed by atoms with Gasteiger partial charge < -0.3 is 10.5 Å². The predicted octanol–water partition coefficient (Wildman–Crippen LogP) is 2.80. The van der Waals surface area contributed by atoms with Crippen molar-refractivity contribution < 1.29 is 9.13 Å². The van der Waals surface area contributed by atoms with Crippen LogP contribution < -0.4 is 10.5 Å². The van der Waals surface area contributed by atoms with E-state index in [1.165, 1.54) is 24.4 Å². The van der Waals surface area contributed by atoms with Gasteiger partial charge >= 0.3 is 6.01 Å². The first-order valence-corrected chi connectivity index (χ1v) is 6.02. The largest absolute Gasteiger partial charge is 0.423 e. The van der Waals surface area contributed by atoms with Crippen molar-refractivity contribution in [3.8, 4) is 11.8 Å². The molecule has 0 atom stereocenters. The van der Waals surface area contributed by atoms with E-state index in [-0.39, 0.29) is 16.7 Å². The lowest BCUT2D eigenvalue weighted by Crippen LogP contribution is -2.12. The lowest BCUT2D eigenvalue weighted by atomic mass is 10.3. The average Bonchev–Trinajstić information content (AvgIpc) is 2.34. The molecule has 0 saturated carbocycles. The van der Waals surface area contributed by atoms with Crippen LogP contribution in [0.5, 0.6) is 11.8 Å². The number of halogens is 2. The summed E-state index contributed by atoms with van der Waals surface area (Å²) in [6.45, 7) is 0. The fourth-order valence-corrected chi connectivity index (χ4v) is 1.62. The molecule has 2 N–H and O–H groups in total. The van der Waals surface area contributed by atoms with Crippen LogP contribution >= 0.6 is 28.1 Å². The molecular weight excluding hydrogens is 321 g/mol. The van der Waals surface area contributed by atoms with E-state index < -0.39 is 5.82 Å².